The molecule has 0 unspecified atom stereocenters. The highest BCUT2D eigenvalue weighted by Crippen LogP contribution is 2.64. The first kappa shape index (κ1) is 15.5. The number of hydrogen-bond donors (Lipinski definition) is 1. The van der Waals surface area contributed by atoms with Gasteiger partial charge in [-0.1, -0.05) is 18.6 Å². The van der Waals surface area contributed by atoms with Crippen LogP contribution in [0.5, 0.6) is 0 Å². The highest BCUT2D eigenvalue weighted by molar-refractivity contribution is 5.87. The van der Waals surface area contributed by atoms with Crippen molar-refractivity contribution in [2.24, 2.45) is 28.6 Å². The predicted octanol–water partition coefficient (Wildman–Crippen LogP) is 3.88. The van der Waals surface area contributed by atoms with Gasteiger partial charge in [0, 0.05) is 23.7 Å². The average Bonchev–Trinajstić information content (AvgIpc) is 2.84. The third-order valence-electron chi connectivity index (χ3n) is 7.93. The molecular formula is C21H28O2. The van der Waals surface area contributed by atoms with Crippen LogP contribution in [0.1, 0.15) is 64.7 Å². The second kappa shape index (κ2) is 5.21. The summed E-state index contributed by atoms with van der Waals surface area (Å²) in [5.74, 6) is 5.25. The van der Waals surface area contributed by atoms with Gasteiger partial charge in [-0.2, -0.15) is 0 Å². The second-order valence-corrected chi connectivity index (χ2v) is 8.69. The standard InChI is InChI=1S/C21H28O2/c1-3-10-21-12-8-15(22)13-14(21)4-5-16-17-6-7-19(23)20(17,2)11-9-18(16)21/h1,4,15-18,22H,5-13H2,2H3/t15-,16-,17-,18-,20-,21-/m0/s1. The van der Waals surface area contributed by atoms with E-state index in [0.717, 1.165) is 57.8 Å². The van der Waals surface area contributed by atoms with E-state index >= 15 is 0 Å². The van der Waals surface area contributed by atoms with Gasteiger partial charge in [-0.15, -0.1) is 12.3 Å². The normalized spacial score (nSPS) is 48.7. The van der Waals surface area contributed by atoms with Gasteiger partial charge in [0.1, 0.15) is 5.78 Å². The summed E-state index contributed by atoms with van der Waals surface area (Å²) in [6.07, 6.45) is 16.6. The van der Waals surface area contributed by atoms with Crippen molar-refractivity contribution < 1.29 is 9.90 Å². The summed E-state index contributed by atoms with van der Waals surface area (Å²) in [5, 5.41) is 10.1. The fraction of sp³-hybridized carbons (Fsp3) is 0.762. The number of aliphatic hydroxyl groups is 1. The van der Waals surface area contributed by atoms with Gasteiger partial charge in [-0.3, -0.25) is 4.79 Å². The lowest BCUT2D eigenvalue weighted by Gasteiger charge is -2.57. The number of rotatable bonds is 1. The van der Waals surface area contributed by atoms with Crippen molar-refractivity contribution in [1.82, 2.24) is 0 Å². The van der Waals surface area contributed by atoms with Gasteiger partial charge in [0.25, 0.3) is 0 Å². The minimum Gasteiger partial charge on any atom is -0.393 e. The largest absolute Gasteiger partial charge is 0.393 e. The number of aliphatic hydroxyl groups excluding tert-OH is 1. The number of fused-ring (bicyclic) bond motifs is 5. The molecule has 0 bridgehead atoms. The molecule has 0 saturated heterocycles. The third-order valence-corrected chi connectivity index (χ3v) is 7.93. The minimum atomic E-state index is -0.189. The van der Waals surface area contributed by atoms with Crippen molar-refractivity contribution in [2.45, 2.75) is 70.8 Å². The summed E-state index contributed by atoms with van der Waals surface area (Å²) in [6, 6.07) is 0. The van der Waals surface area contributed by atoms with E-state index in [1.54, 1.807) is 0 Å². The fourth-order valence-electron chi connectivity index (χ4n) is 6.72. The molecule has 0 aromatic carbocycles. The number of carbonyl (C=O) groups is 1. The lowest BCUT2D eigenvalue weighted by Crippen LogP contribution is -2.51. The van der Waals surface area contributed by atoms with E-state index in [-0.39, 0.29) is 16.9 Å². The monoisotopic (exact) mass is 312 g/mol. The highest BCUT2D eigenvalue weighted by atomic mass is 16.3. The van der Waals surface area contributed by atoms with Crippen LogP contribution in [-0.4, -0.2) is 17.0 Å². The van der Waals surface area contributed by atoms with E-state index < -0.39 is 0 Å². The Morgan fingerprint density at radius 2 is 2.13 bits per heavy atom. The molecule has 0 radical (unpaired) electrons. The van der Waals surface area contributed by atoms with E-state index in [0.29, 0.717) is 23.5 Å². The molecule has 2 nitrogen and oxygen atoms in total. The molecule has 0 spiro atoms. The summed E-state index contributed by atoms with van der Waals surface area (Å²) in [7, 11) is 0. The Labute approximate surface area is 139 Å². The van der Waals surface area contributed by atoms with Gasteiger partial charge in [-0.05, 0) is 62.7 Å². The van der Waals surface area contributed by atoms with Crippen LogP contribution in [0, 0.1) is 40.9 Å². The molecule has 2 heteroatoms. The Hall–Kier alpha value is -1.07. The van der Waals surface area contributed by atoms with Gasteiger partial charge in [-0.25, -0.2) is 0 Å². The van der Waals surface area contributed by atoms with Crippen LogP contribution in [0.2, 0.25) is 0 Å². The van der Waals surface area contributed by atoms with E-state index in [2.05, 4.69) is 18.9 Å². The van der Waals surface area contributed by atoms with E-state index in [1.165, 1.54) is 5.57 Å². The molecule has 0 amide bonds. The van der Waals surface area contributed by atoms with Crippen molar-refractivity contribution in [1.29, 1.82) is 0 Å². The van der Waals surface area contributed by atoms with Crippen molar-refractivity contribution in [3.63, 3.8) is 0 Å². The Morgan fingerprint density at radius 3 is 2.91 bits per heavy atom. The summed E-state index contributed by atoms with van der Waals surface area (Å²) in [6.45, 7) is 2.22. The maximum Gasteiger partial charge on any atom is 0.139 e. The number of Topliss-reactive ketones (excluding diaryl/α,β-unsaturated/α-hetero) is 1. The smallest absolute Gasteiger partial charge is 0.139 e. The number of ketones is 1. The summed E-state index contributed by atoms with van der Waals surface area (Å²) in [5.41, 5.74) is 1.48. The molecule has 0 aliphatic heterocycles. The Bertz CT molecular complexity index is 597. The molecule has 6 atom stereocenters. The first-order valence-corrected chi connectivity index (χ1v) is 9.35. The van der Waals surface area contributed by atoms with Crippen LogP contribution in [0.15, 0.2) is 11.6 Å². The zero-order chi connectivity index (χ0) is 16.2. The van der Waals surface area contributed by atoms with E-state index in [4.69, 9.17) is 6.42 Å². The van der Waals surface area contributed by atoms with Crippen molar-refractivity contribution in [3.05, 3.63) is 11.6 Å². The van der Waals surface area contributed by atoms with Crippen LogP contribution < -0.4 is 0 Å². The molecule has 0 aromatic heterocycles. The first-order chi connectivity index (χ1) is 11.0. The van der Waals surface area contributed by atoms with Crippen molar-refractivity contribution in [3.8, 4) is 12.3 Å². The van der Waals surface area contributed by atoms with Gasteiger partial charge in [0.2, 0.25) is 0 Å². The molecule has 124 valence electrons. The molecule has 4 rings (SSSR count). The molecule has 4 aliphatic rings. The second-order valence-electron chi connectivity index (χ2n) is 8.69. The molecule has 1 N–H and O–H groups in total. The molecular weight excluding hydrogens is 284 g/mol. The lowest BCUT2D eigenvalue weighted by molar-refractivity contribution is -0.132. The molecule has 0 aromatic rings. The van der Waals surface area contributed by atoms with Crippen molar-refractivity contribution in [2.75, 3.05) is 0 Å². The zero-order valence-corrected chi connectivity index (χ0v) is 14.2. The summed E-state index contributed by atoms with van der Waals surface area (Å²) < 4.78 is 0. The van der Waals surface area contributed by atoms with Crippen molar-refractivity contribution >= 4 is 5.78 Å². The van der Waals surface area contributed by atoms with Crippen LogP contribution in [-0.2, 0) is 4.79 Å². The van der Waals surface area contributed by atoms with Gasteiger partial charge >= 0.3 is 0 Å². The summed E-state index contributed by atoms with van der Waals surface area (Å²) >= 11 is 0. The lowest BCUT2D eigenvalue weighted by atomic mass is 9.47. The van der Waals surface area contributed by atoms with E-state index in [1.807, 2.05) is 0 Å². The van der Waals surface area contributed by atoms with Gasteiger partial charge < -0.3 is 5.11 Å². The molecule has 3 saturated carbocycles. The molecule has 0 heterocycles. The molecule has 3 fully saturated rings. The Kier molecular flexibility index (Phi) is 3.50. The number of allylic oxidation sites excluding steroid dienone is 1. The highest BCUT2D eigenvalue weighted by Gasteiger charge is 2.59. The zero-order valence-electron chi connectivity index (χ0n) is 14.2. The van der Waals surface area contributed by atoms with Crippen LogP contribution >= 0.6 is 0 Å². The summed E-state index contributed by atoms with van der Waals surface area (Å²) in [4.78, 5) is 12.5. The third kappa shape index (κ3) is 2.02. The predicted molar refractivity (Wildman–Crippen MR) is 90.5 cm³/mol. The van der Waals surface area contributed by atoms with Crippen LogP contribution in [0.3, 0.4) is 0 Å². The quantitative estimate of drug-likeness (QED) is 0.589. The maximum absolute atomic E-state index is 12.5. The topological polar surface area (TPSA) is 37.3 Å². The average molecular weight is 312 g/mol. The number of terminal acetylenes is 1. The maximum atomic E-state index is 12.5. The number of carbonyl (C=O) groups excluding carboxylic acids is 1. The first-order valence-electron chi connectivity index (χ1n) is 9.35. The van der Waals surface area contributed by atoms with Crippen LogP contribution in [0.25, 0.3) is 0 Å². The SMILES string of the molecule is C#CC[C@]12CC[C@H](O)CC1=CC[C@@H]1[C@@H]2CC[C@]2(C)C(=O)CC[C@@H]12. The Morgan fingerprint density at radius 1 is 1.30 bits per heavy atom. The Balaban J connectivity index is 1.73. The van der Waals surface area contributed by atoms with Crippen LogP contribution in [0.4, 0.5) is 0 Å². The minimum absolute atomic E-state index is 0.0714. The number of hydrogen-bond acceptors (Lipinski definition) is 2. The molecule has 4 aliphatic carbocycles. The van der Waals surface area contributed by atoms with Gasteiger partial charge in [0.05, 0.1) is 6.10 Å². The van der Waals surface area contributed by atoms with Gasteiger partial charge in [0.15, 0.2) is 0 Å². The fourth-order valence-corrected chi connectivity index (χ4v) is 6.72. The van der Waals surface area contributed by atoms with E-state index in [9.17, 15) is 9.90 Å². The molecule has 23 heavy (non-hydrogen) atoms.